The highest BCUT2D eigenvalue weighted by atomic mass is 19.2. The SMILES string of the molecule is O=C(COC(=O)[C@@H]1CC=CCC1)NCC(=O)Nc1ccc(F)c(F)c1F. The number of ether oxygens (including phenoxy) is 1. The van der Waals surface area contributed by atoms with Crippen molar-refractivity contribution in [2.75, 3.05) is 18.5 Å². The molecule has 6 nitrogen and oxygen atoms in total. The maximum Gasteiger partial charge on any atom is 0.309 e. The maximum absolute atomic E-state index is 13.4. The van der Waals surface area contributed by atoms with Crippen molar-refractivity contribution in [3.63, 3.8) is 0 Å². The van der Waals surface area contributed by atoms with Crippen molar-refractivity contribution >= 4 is 23.5 Å². The summed E-state index contributed by atoms with van der Waals surface area (Å²) in [6.07, 6.45) is 5.82. The largest absolute Gasteiger partial charge is 0.455 e. The number of hydrogen-bond donors (Lipinski definition) is 2. The molecule has 9 heteroatoms. The number of esters is 1. The molecule has 0 heterocycles. The summed E-state index contributed by atoms with van der Waals surface area (Å²) in [5.41, 5.74) is -0.556. The van der Waals surface area contributed by atoms with Crippen LogP contribution in [0.5, 0.6) is 0 Å². The van der Waals surface area contributed by atoms with Crippen LogP contribution in [-0.2, 0) is 19.1 Å². The van der Waals surface area contributed by atoms with Gasteiger partial charge in [-0.2, -0.15) is 0 Å². The Hall–Kier alpha value is -2.84. The first-order chi connectivity index (χ1) is 12.4. The molecule has 26 heavy (non-hydrogen) atoms. The van der Waals surface area contributed by atoms with E-state index in [4.69, 9.17) is 4.74 Å². The van der Waals surface area contributed by atoms with Gasteiger partial charge in [-0.25, -0.2) is 13.2 Å². The third-order valence-corrected chi connectivity index (χ3v) is 3.70. The van der Waals surface area contributed by atoms with Gasteiger partial charge in [-0.3, -0.25) is 14.4 Å². The number of benzene rings is 1. The molecule has 1 aromatic rings. The van der Waals surface area contributed by atoms with E-state index in [-0.39, 0.29) is 5.92 Å². The van der Waals surface area contributed by atoms with Crippen molar-refractivity contribution in [1.29, 1.82) is 0 Å². The van der Waals surface area contributed by atoms with E-state index >= 15 is 0 Å². The molecule has 0 aliphatic heterocycles. The number of anilines is 1. The number of allylic oxidation sites excluding steroid dienone is 2. The Morgan fingerprint density at radius 3 is 2.54 bits per heavy atom. The summed E-state index contributed by atoms with van der Waals surface area (Å²) in [5, 5.41) is 4.17. The Balaban J connectivity index is 1.73. The lowest BCUT2D eigenvalue weighted by Crippen LogP contribution is -2.36. The monoisotopic (exact) mass is 370 g/mol. The fourth-order valence-corrected chi connectivity index (χ4v) is 2.31. The van der Waals surface area contributed by atoms with Crippen molar-refractivity contribution in [2.45, 2.75) is 19.3 Å². The van der Waals surface area contributed by atoms with E-state index < -0.39 is 54.1 Å². The number of nitrogens with one attached hydrogen (secondary N) is 2. The van der Waals surface area contributed by atoms with Crippen LogP contribution in [0.1, 0.15) is 19.3 Å². The predicted molar refractivity (Wildman–Crippen MR) is 85.4 cm³/mol. The number of halogens is 3. The van der Waals surface area contributed by atoms with Crippen LogP contribution in [0.25, 0.3) is 0 Å². The van der Waals surface area contributed by atoms with Crippen LogP contribution in [-0.4, -0.2) is 30.9 Å². The highest BCUT2D eigenvalue weighted by Gasteiger charge is 2.21. The molecule has 0 bridgehead atoms. The second-order valence-corrected chi connectivity index (χ2v) is 5.64. The first-order valence-corrected chi connectivity index (χ1v) is 7.90. The zero-order valence-corrected chi connectivity index (χ0v) is 13.7. The van der Waals surface area contributed by atoms with Crippen LogP contribution in [0.15, 0.2) is 24.3 Å². The summed E-state index contributed by atoms with van der Waals surface area (Å²) in [5.74, 6) is -6.98. The number of carbonyl (C=O) groups is 3. The van der Waals surface area contributed by atoms with E-state index in [0.717, 1.165) is 12.5 Å². The van der Waals surface area contributed by atoms with Gasteiger partial charge in [0.2, 0.25) is 5.91 Å². The Kier molecular flexibility index (Phi) is 6.76. The van der Waals surface area contributed by atoms with E-state index in [2.05, 4.69) is 5.32 Å². The minimum absolute atomic E-state index is 0.285. The normalized spacial score (nSPS) is 16.0. The molecule has 140 valence electrons. The molecule has 1 atom stereocenters. The van der Waals surface area contributed by atoms with Crippen molar-refractivity contribution in [3.05, 3.63) is 41.7 Å². The van der Waals surface area contributed by atoms with E-state index in [9.17, 15) is 27.6 Å². The standard InChI is InChI=1S/C17H17F3N2O4/c18-11-6-7-12(16(20)15(11)19)22-13(23)8-21-14(24)9-26-17(25)10-4-2-1-3-5-10/h1-2,6-7,10H,3-5,8-9H2,(H,21,24)(H,22,23)/t10-/m1/s1. The van der Waals surface area contributed by atoms with Gasteiger partial charge in [-0.1, -0.05) is 12.2 Å². The molecule has 0 saturated carbocycles. The lowest BCUT2D eigenvalue weighted by molar-refractivity contribution is -0.152. The summed E-state index contributed by atoms with van der Waals surface area (Å²) in [7, 11) is 0. The van der Waals surface area contributed by atoms with Gasteiger partial charge in [0.1, 0.15) is 0 Å². The molecule has 2 amide bonds. The van der Waals surface area contributed by atoms with Crippen LogP contribution >= 0.6 is 0 Å². The van der Waals surface area contributed by atoms with E-state index in [1.165, 1.54) is 0 Å². The molecule has 0 radical (unpaired) electrons. The summed E-state index contributed by atoms with van der Waals surface area (Å²) < 4.78 is 44.2. The number of amides is 2. The molecule has 0 saturated heterocycles. The Labute approximate surface area is 147 Å². The van der Waals surface area contributed by atoms with E-state index in [1.807, 2.05) is 17.5 Å². The second kappa shape index (κ2) is 9.02. The molecular formula is C17H17F3N2O4. The molecule has 1 aromatic carbocycles. The molecule has 1 aliphatic rings. The van der Waals surface area contributed by atoms with Crippen molar-refractivity contribution in [1.82, 2.24) is 5.32 Å². The minimum atomic E-state index is -1.71. The average Bonchev–Trinajstić information content (AvgIpc) is 2.65. The molecule has 0 fully saturated rings. The lowest BCUT2D eigenvalue weighted by Gasteiger charge is -2.16. The fraction of sp³-hybridized carbons (Fsp3) is 0.353. The summed E-state index contributed by atoms with van der Waals surface area (Å²) >= 11 is 0. The summed E-state index contributed by atoms with van der Waals surface area (Å²) in [4.78, 5) is 35.0. The molecule has 1 aliphatic carbocycles. The smallest absolute Gasteiger partial charge is 0.309 e. The first kappa shape index (κ1) is 19.5. The molecule has 2 N–H and O–H groups in total. The highest BCUT2D eigenvalue weighted by Crippen LogP contribution is 2.20. The Morgan fingerprint density at radius 1 is 1.08 bits per heavy atom. The van der Waals surface area contributed by atoms with Crippen LogP contribution in [0.3, 0.4) is 0 Å². The molecule has 0 spiro atoms. The van der Waals surface area contributed by atoms with Crippen LogP contribution in [0.2, 0.25) is 0 Å². The molecule has 2 rings (SSSR count). The number of hydrogen-bond acceptors (Lipinski definition) is 4. The van der Waals surface area contributed by atoms with Gasteiger partial charge in [-0.15, -0.1) is 0 Å². The quantitative estimate of drug-likeness (QED) is 0.456. The second-order valence-electron chi connectivity index (χ2n) is 5.64. The topological polar surface area (TPSA) is 84.5 Å². The molecule has 0 aromatic heterocycles. The number of rotatable bonds is 6. The lowest BCUT2D eigenvalue weighted by atomic mass is 9.95. The first-order valence-electron chi connectivity index (χ1n) is 7.90. The van der Waals surface area contributed by atoms with Crippen LogP contribution in [0.4, 0.5) is 18.9 Å². The maximum atomic E-state index is 13.4. The zero-order valence-electron chi connectivity index (χ0n) is 13.7. The zero-order chi connectivity index (χ0) is 19.1. The fourth-order valence-electron chi connectivity index (χ4n) is 2.31. The number of carbonyl (C=O) groups excluding carboxylic acids is 3. The van der Waals surface area contributed by atoms with Gasteiger partial charge >= 0.3 is 5.97 Å². The van der Waals surface area contributed by atoms with Crippen molar-refractivity contribution in [2.24, 2.45) is 5.92 Å². The van der Waals surface area contributed by atoms with Gasteiger partial charge in [0, 0.05) is 0 Å². The third-order valence-electron chi connectivity index (χ3n) is 3.70. The minimum Gasteiger partial charge on any atom is -0.455 e. The molecule has 0 unspecified atom stereocenters. The van der Waals surface area contributed by atoms with Crippen LogP contribution in [0, 0.1) is 23.4 Å². The highest BCUT2D eigenvalue weighted by molar-refractivity contribution is 5.95. The summed E-state index contributed by atoms with van der Waals surface area (Å²) in [6, 6.07) is 1.51. The van der Waals surface area contributed by atoms with Gasteiger partial charge in [0.15, 0.2) is 24.1 Å². The summed E-state index contributed by atoms with van der Waals surface area (Å²) in [6.45, 7) is -1.10. The van der Waals surface area contributed by atoms with Crippen molar-refractivity contribution in [3.8, 4) is 0 Å². The molecular weight excluding hydrogens is 353 g/mol. The van der Waals surface area contributed by atoms with Gasteiger partial charge in [0.05, 0.1) is 18.2 Å². The van der Waals surface area contributed by atoms with Crippen LogP contribution < -0.4 is 10.6 Å². The van der Waals surface area contributed by atoms with Gasteiger partial charge in [-0.05, 0) is 31.4 Å². The van der Waals surface area contributed by atoms with Crippen molar-refractivity contribution < 1.29 is 32.3 Å². The van der Waals surface area contributed by atoms with Gasteiger partial charge in [0.25, 0.3) is 5.91 Å². The van der Waals surface area contributed by atoms with E-state index in [1.54, 1.807) is 0 Å². The van der Waals surface area contributed by atoms with E-state index in [0.29, 0.717) is 18.9 Å². The Morgan fingerprint density at radius 2 is 1.85 bits per heavy atom. The third kappa shape index (κ3) is 5.33. The average molecular weight is 370 g/mol. The van der Waals surface area contributed by atoms with Gasteiger partial charge < -0.3 is 15.4 Å². The Bertz CT molecular complexity index is 737. The predicted octanol–water partition coefficient (Wildman–Crippen LogP) is 2.06.